The average molecular weight is 498 g/mol. The van der Waals surface area contributed by atoms with Gasteiger partial charge in [-0.25, -0.2) is 0 Å². The number of hydrogen-bond donors (Lipinski definition) is 3. The van der Waals surface area contributed by atoms with Gasteiger partial charge in [-0.15, -0.1) is 0 Å². The predicted octanol–water partition coefficient (Wildman–Crippen LogP) is 5.15. The van der Waals surface area contributed by atoms with Crippen molar-refractivity contribution in [3.63, 3.8) is 0 Å². The topological polar surface area (TPSA) is 63.9 Å². The Morgan fingerprint density at radius 2 is 1.80 bits per heavy atom. The molecule has 1 aliphatic heterocycles. The first-order chi connectivity index (χ1) is 16.3. The van der Waals surface area contributed by atoms with Gasteiger partial charge in [-0.05, 0) is 93.1 Å². The van der Waals surface area contributed by atoms with Crippen molar-refractivity contribution < 1.29 is 28.5 Å². The summed E-state index contributed by atoms with van der Waals surface area (Å²) < 4.78 is 40.2. The van der Waals surface area contributed by atoms with E-state index in [1.165, 1.54) is 5.57 Å². The summed E-state index contributed by atoms with van der Waals surface area (Å²) in [5.74, 6) is 1.15. The lowest BCUT2D eigenvalue weighted by atomic mass is 9.61. The summed E-state index contributed by atoms with van der Waals surface area (Å²) in [6.07, 6.45) is 4.96. The molecule has 1 heterocycles. The van der Waals surface area contributed by atoms with Crippen molar-refractivity contribution >= 4 is 0 Å². The first-order valence-corrected chi connectivity index (χ1v) is 13.3. The van der Waals surface area contributed by atoms with Crippen LogP contribution in [0.5, 0.6) is 0 Å². The van der Waals surface area contributed by atoms with Crippen LogP contribution in [0.15, 0.2) is 35.5 Å². The molecule has 0 aromatic carbocycles. The molecule has 35 heavy (non-hydrogen) atoms. The number of allylic oxidation sites excluding steroid dienone is 3. The Hall–Kier alpha value is -1.15. The minimum atomic E-state index is -4.59. The maximum Gasteiger partial charge on any atom is 0.418 e. The lowest BCUT2D eigenvalue weighted by Gasteiger charge is -2.46. The third kappa shape index (κ3) is 5.29. The molecule has 1 saturated heterocycles. The van der Waals surface area contributed by atoms with Crippen molar-refractivity contribution in [2.24, 2.45) is 23.2 Å². The molecule has 0 amide bonds. The van der Waals surface area contributed by atoms with Crippen molar-refractivity contribution in [1.29, 1.82) is 0 Å². The van der Waals surface area contributed by atoms with E-state index in [1.807, 2.05) is 4.90 Å². The van der Waals surface area contributed by atoms with E-state index in [9.17, 15) is 28.5 Å². The summed E-state index contributed by atoms with van der Waals surface area (Å²) in [4.78, 5) is 1.83. The summed E-state index contributed by atoms with van der Waals surface area (Å²) in [7, 11) is 0. The average Bonchev–Trinajstić information content (AvgIpc) is 3.13. The normalized spacial score (nSPS) is 41.2. The zero-order valence-corrected chi connectivity index (χ0v) is 21.2. The van der Waals surface area contributed by atoms with Crippen LogP contribution in [0, 0.1) is 23.2 Å². The zero-order valence-electron chi connectivity index (χ0n) is 21.2. The molecule has 0 aromatic rings. The third-order valence-corrected chi connectivity index (χ3v) is 9.65. The first-order valence-electron chi connectivity index (χ1n) is 13.3. The number of aliphatic hydroxyl groups is 3. The number of alkyl halides is 3. The molecule has 7 heteroatoms. The van der Waals surface area contributed by atoms with Crippen LogP contribution in [0.4, 0.5) is 13.2 Å². The molecule has 0 radical (unpaired) electrons. The Balaban J connectivity index is 1.44. The molecule has 0 bridgehead atoms. The van der Waals surface area contributed by atoms with Crippen LogP contribution < -0.4 is 0 Å². The fourth-order valence-electron chi connectivity index (χ4n) is 7.68. The molecule has 4 nitrogen and oxygen atoms in total. The van der Waals surface area contributed by atoms with Crippen molar-refractivity contribution in [2.75, 3.05) is 19.6 Å². The maximum absolute atomic E-state index is 13.4. The predicted molar refractivity (Wildman–Crippen MR) is 131 cm³/mol. The molecule has 198 valence electrons. The number of hydrogen-bond acceptors (Lipinski definition) is 4. The van der Waals surface area contributed by atoms with Gasteiger partial charge < -0.3 is 15.3 Å². The van der Waals surface area contributed by atoms with Crippen LogP contribution in [0.2, 0.25) is 0 Å². The maximum atomic E-state index is 13.4. The van der Waals surface area contributed by atoms with E-state index in [0.29, 0.717) is 49.8 Å². The number of halogens is 3. The van der Waals surface area contributed by atoms with Crippen molar-refractivity contribution in [3.8, 4) is 0 Å². The fraction of sp³-hybridized carbons (Fsp3) is 0.786. The highest BCUT2D eigenvalue weighted by Gasteiger charge is 2.56. The zero-order chi connectivity index (χ0) is 25.6. The van der Waals surface area contributed by atoms with Gasteiger partial charge in [0, 0.05) is 13.1 Å². The summed E-state index contributed by atoms with van der Waals surface area (Å²) in [6, 6.07) is 0. The summed E-state index contributed by atoms with van der Waals surface area (Å²) in [6.45, 7) is 9.21. The minimum Gasteiger partial charge on any atom is -0.388 e. The molecular formula is C28H42F3NO3. The molecule has 4 fully saturated rings. The Labute approximate surface area is 207 Å². The van der Waals surface area contributed by atoms with E-state index in [2.05, 4.69) is 32.6 Å². The van der Waals surface area contributed by atoms with Crippen molar-refractivity contribution in [1.82, 2.24) is 4.90 Å². The fourth-order valence-corrected chi connectivity index (χ4v) is 7.68. The van der Waals surface area contributed by atoms with E-state index < -0.39 is 24.0 Å². The van der Waals surface area contributed by atoms with Gasteiger partial charge in [0.1, 0.15) is 0 Å². The number of nitrogens with zero attached hydrogens (tertiary/aromatic N) is 1. The smallest absolute Gasteiger partial charge is 0.388 e. The largest absolute Gasteiger partial charge is 0.418 e. The number of likely N-dealkylation sites (tertiary alicyclic amines) is 1. The van der Waals surface area contributed by atoms with Gasteiger partial charge >= 0.3 is 6.18 Å². The Bertz CT molecular complexity index is 852. The Kier molecular flexibility index (Phi) is 7.65. The van der Waals surface area contributed by atoms with Gasteiger partial charge in [-0.1, -0.05) is 43.7 Å². The van der Waals surface area contributed by atoms with Gasteiger partial charge in [0.2, 0.25) is 0 Å². The summed E-state index contributed by atoms with van der Waals surface area (Å²) in [5, 5.41) is 30.5. The molecule has 4 aliphatic rings. The van der Waals surface area contributed by atoms with Crippen LogP contribution in [-0.4, -0.2) is 63.8 Å². The molecule has 7 atom stereocenters. The highest BCUT2D eigenvalue weighted by atomic mass is 19.4. The number of rotatable bonds is 4. The van der Waals surface area contributed by atoms with Gasteiger partial charge in [0.05, 0.1) is 12.2 Å². The van der Waals surface area contributed by atoms with E-state index in [-0.39, 0.29) is 24.3 Å². The Morgan fingerprint density at radius 1 is 1.11 bits per heavy atom. The number of piperidine rings is 1. The summed E-state index contributed by atoms with van der Waals surface area (Å²) >= 11 is 0. The summed E-state index contributed by atoms with van der Waals surface area (Å²) in [5.41, 5.74) is 0.502. The monoisotopic (exact) mass is 497 g/mol. The van der Waals surface area contributed by atoms with Crippen molar-refractivity contribution in [3.05, 3.63) is 35.5 Å². The van der Waals surface area contributed by atoms with E-state index >= 15 is 0 Å². The number of fused-ring (bicyclic) bond motifs is 1. The van der Waals surface area contributed by atoms with Crippen molar-refractivity contribution in [2.45, 2.75) is 95.6 Å². The lowest BCUT2D eigenvalue weighted by Crippen LogP contribution is -2.57. The Morgan fingerprint density at radius 3 is 2.46 bits per heavy atom. The van der Waals surface area contributed by atoms with E-state index in [4.69, 9.17) is 0 Å². The van der Waals surface area contributed by atoms with Gasteiger partial charge in [-0.2, -0.15) is 13.2 Å². The lowest BCUT2D eigenvalue weighted by molar-refractivity contribution is -0.274. The highest BCUT2D eigenvalue weighted by molar-refractivity contribution is 5.29. The third-order valence-electron chi connectivity index (χ3n) is 9.65. The highest BCUT2D eigenvalue weighted by Crippen LogP contribution is 2.59. The van der Waals surface area contributed by atoms with Crippen LogP contribution in [0.3, 0.4) is 0 Å². The second-order valence-corrected chi connectivity index (χ2v) is 12.0. The SMILES string of the molecule is C=C1[C@H](O)CC(=C/C=C2\CCC[C@]3(C)[C@@H](C(C)CN4CCCC(O)(C(F)(F)F)C4)CC[C@@H]23)C[C@H]1O. The quantitative estimate of drug-likeness (QED) is 0.470. The van der Waals surface area contributed by atoms with Crippen LogP contribution in [0.1, 0.15) is 71.6 Å². The number of β-amino-alcohol motifs (C(OH)–C–C–N with tert-alkyl or cyclic N) is 1. The molecule has 0 spiro atoms. The van der Waals surface area contributed by atoms with Crippen LogP contribution in [-0.2, 0) is 0 Å². The minimum absolute atomic E-state index is 0.123. The standard InChI is InChI=1S/C28H42F3NO3/c1-18(16-32-13-5-12-27(35,17-32)28(29,30)31)22-9-10-23-21(6-4-11-26(22,23)3)8-7-20-14-24(33)19(2)25(34)15-20/h7-8,18,22-25,33-35H,2,4-6,9-17H2,1,3H3/b21-8+/t18?,22-,23+,24-,25-,26-,27?/m1/s1. The second kappa shape index (κ2) is 9.96. The molecule has 0 aromatic heterocycles. The molecule has 3 aliphatic carbocycles. The van der Waals surface area contributed by atoms with E-state index in [1.54, 1.807) is 0 Å². The van der Waals surface area contributed by atoms with Crippen LogP contribution in [0.25, 0.3) is 0 Å². The molecule has 3 saturated carbocycles. The molecule has 2 unspecified atom stereocenters. The van der Waals surface area contributed by atoms with Crippen LogP contribution >= 0.6 is 0 Å². The first kappa shape index (κ1) is 26.9. The van der Waals surface area contributed by atoms with Gasteiger partial charge in [-0.3, -0.25) is 4.90 Å². The van der Waals surface area contributed by atoms with Gasteiger partial charge in [0.25, 0.3) is 0 Å². The second-order valence-electron chi connectivity index (χ2n) is 12.0. The van der Waals surface area contributed by atoms with Gasteiger partial charge in [0.15, 0.2) is 5.60 Å². The number of aliphatic hydroxyl groups excluding tert-OH is 2. The molecule has 4 rings (SSSR count). The molecular weight excluding hydrogens is 455 g/mol. The van der Waals surface area contributed by atoms with E-state index in [0.717, 1.165) is 37.7 Å². The molecule has 3 N–H and O–H groups in total.